The van der Waals surface area contributed by atoms with Crippen LogP contribution in [0, 0.1) is 11.3 Å². The van der Waals surface area contributed by atoms with Crippen LogP contribution in [0.5, 0.6) is 0 Å². The summed E-state index contributed by atoms with van der Waals surface area (Å²) in [6, 6.07) is 0. The van der Waals surface area contributed by atoms with Crippen molar-refractivity contribution in [1.29, 1.82) is 0 Å². The van der Waals surface area contributed by atoms with Crippen LogP contribution in [-0.2, 0) is 33.3 Å². The third kappa shape index (κ3) is 2.70. The van der Waals surface area contributed by atoms with E-state index < -0.39 is 35.3 Å². The molecule has 4 aliphatic rings. The first-order valence-corrected chi connectivity index (χ1v) is 9.51. The Labute approximate surface area is 159 Å². The van der Waals surface area contributed by atoms with E-state index in [1.807, 2.05) is 27.7 Å². The molecule has 27 heavy (non-hydrogen) atoms. The molecule has 0 saturated carbocycles. The maximum atomic E-state index is 12.4. The normalized spacial score (nSPS) is 47.7. The van der Waals surface area contributed by atoms with Gasteiger partial charge in [-0.05, 0) is 39.3 Å². The molecule has 3 saturated heterocycles. The largest absolute Gasteiger partial charge is 0.463 e. The van der Waals surface area contributed by atoms with Gasteiger partial charge < -0.3 is 23.7 Å². The van der Waals surface area contributed by atoms with Gasteiger partial charge in [0.2, 0.25) is 0 Å². The second-order valence-electron chi connectivity index (χ2n) is 8.98. The van der Waals surface area contributed by atoms with Gasteiger partial charge in [-0.3, -0.25) is 9.59 Å². The van der Waals surface area contributed by atoms with Gasteiger partial charge in [-0.25, -0.2) is 0 Å². The molecule has 0 N–H and O–H groups in total. The third-order valence-corrected chi connectivity index (χ3v) is 6.79. The highest BCUT2D eigenvalue weighted by Gasteiger charge is 2.71. The summed E-state index contributed by atoms with van der Waals surface area (Å²) in [7, 11) is 0. The topological polar surface area (TPSA) is 80.3 Å². The summed E-state index contributed by atoms with van der Waals surface area (Å²) in [5.74, 6) is -1.25. The number of carbonyl (C=O) groups is 2. The lowest BCUT2D eigenvalue weighted by atomic mass is 9.58. The molecule has 0 aromatic heterocycles. The van der Waals surface area contributed by atoms with E-state index >= 15 is 0 Å². The van der Waals surface area contributed by atoms with E-state index in [-0.39, 0.29) is 30.4 Å². The van der Waals surface area contributed by atoms with Gasteiger partial charge in [0.1, 0.15) is 18.8 Å². The molecule has 7 atom stereocenters. The molecule has 3 aliphatic heterocycles. The maximum absolute atomic E-state index is 12.4. The maximum Gasteiger partial charge on any atom is 0.302 e. The van der Waals surface area contributed by atoms with Crippen LogP contribution in [0.25, 0.3) is 0 Å². The molecule has 4 rings (SSSR count). The number of hydrogen-bond acceptors (Lipinski definition) is 7. The van der Waals surface area contributed by atoms with E-state index in [1.165, 1.54) is 6.92 Å². The van der Waals surface area contributed by atoms with Gasteiger partial charge in [0.05, 0.1) is 11.7 Å². The van der Waals surface area contributed by atoms with Gasteiger partial charge in [-0.1, -0.05) is 6.92 Å². The molecule has 3 fully saturated rings. The number of ketones is 1. The van der Waals surface area contributed by atoms with Gasteiger partial charge in [-0.2, -0.15) is 0 Å². The second-order valence-corrected chi connectivity index (χ2v) is 8.98. The van der Waals surface area contributed by atoms with Crippen molar-refractivity contribution in [2.45, 2.75) is 84.0 Å². The van der Waals surface area contributed by atoms with E-state index in [4.69, 9.17) is 23.7 Å². The zero-order valence-corrected chi connectivity index (χ0v) is 16.7. The number of ether oxygens (including phenoxy) is 5. The quantitative estimate of drug-likeness (QED) is 0.679. The molecular weight excluding hydrogens is 352 g/mol. The summed E-state index contributed by atoms with van der Waals surface area (Å²) < 4.78 is 30.2. The standard InChI is InChI=1S/C20H28O7/c1-10-7-12(22)8-19(5)14-16-15(25-18(3,4)26-16)13(9-23-11(2)21)24-17(14)27-20(10,19)6/h7,13-17H,8-9H2,1-6H3/t13-,14+,15-,16+,17+,19?,20-/m1/s1. The summed E-state index contributed by atoms with van der Waals surface area (Å²) >= 11 is 0. The summed E-state index contributed by atoms with van der Waals surface area (Å²) in [4.78, 5) is 23.7. The van der Waals surface area contributed by atoms with Crippen molar-refractivity contribution in [1.82, 2.24) is 0 Å². The fourth-order valence-electron chi connectivity index (χ4n) is 5.28. The molecule has 0 aromatic carbocycles. The molecule has 0 spiro atoms. The molecule has 1 aliphatic carbocycles. The smallest absolute Gasteiger partial charge is 0.302 e. The lowest BCUT2D eigenvalue weighted by molar-refractivity contribution is -0.252. The number of esters is 1. The monoisotopic (exact) mass is 380 g/mol. The first kappa shape index (κ1) is 19.1. The van der Waals surface area contributed by atoms with Crippen molar-refractivity contribution in [3.63, 3.8) is 0 Å². The Balaban J connectivity index is 1.72. The van der Waals surface area contributed by atoms with Crippen molar-refractivity contribution in [3.8, 4) is 0 Å². The zero-order valence-electron chi connectivity index (χ0n) is 16.7. The number of carbonyl (C=O) groups excluding carboxylic acids is 2. The van der Waals surface area contributed by atoms with Crippen molar-refractivity contribution in [2.24, 2.45) is 11.3 Å². The predicted octanol–water partition coefficient (Wildman–Crippen LogP) is 2.12. The highest BCUT2D eigenvalue weighted by Crippen LogP contribution is 2.62. The minimum atomic E-state index is -0.791. The minimum Gasteiger partial charge on any atom is -0.463 e. The molecule has 7 heteroatoms. The van der Waals surface area contributed by atoms with Crippen LogP contribution in [0.15, 0.2) is 11.6 Å². The van der Waals surface area contributed by atoms with Crippen molar-refractivity contribution in [2.75, 3.05) is 6.61 Å². The first-order valence-electron chi connectivity index (χ1n) is 9.51. The Morgan fingerprint density at radius 2 is 1.85 bits per heavy atom. The summed E-state index contributed by atoms with van der Waals surface area (Å²) in [5.41, 5.74) is -0.217. The van der Waals surface area contributed by atoms with E-state index in [0.717, 1.165) is 5.57 Å². The molecule has 0 bridgehead atoms. The lowest BCUT2D eigenvalue weighted by Gasteiger charge is -2.47. The molecule has 0 radical (unpaired) electrons. The van der Waals surface area contributed by atoms with E-state index in [9.17, 15) is 9.59 Å². The van der Waals surface area contributed by atoms with E-state index in [1.54, 1.807) is 6.08 Å². The first-order chi connectivity index (χ1) is 12.5. The summed E-state index contributed by atoms with van der Waals surface area (Å²) in [6.45, 7) is 11.2. The van der Waals surface area contributed by atoms with E-state index in [0.29, 0.717) is 6.42 Å². The van der Waals surface area contributed by atoms with Crippen LogP contribution < -0.4 is 0 Å². The van der Waals surface area contributed by atoms with Crippen LogP contribution in [0.2, 0.25) is 0 Å². The van der Waals surface area contributed by atoms with E-state index in [2.05, 4.69) is 6.92 Å². The predicted molar refractivity (Wildman–Crippen MR) is 93.6 cm³/mol. The average molecular weight is 380 g/mol. The zero-order chi connectivity index (χ0) is 19.8. The Bertz CT molecular complexity index is 713. The average Bonchev–Trinajstić information content (AvgIpc) is 2.96. The molecule has 1 unspecified atom stereocenters. The summed E-state index contributed by atoms with van der Waals surface area (Å²) in [6.07, 6.45) is 0.271. The van der Waals surface area contributed by atoms with Crippen LogP contribution in [-0.4, -0.2) is 54.3 Å². The molecule has 0 amide bonds. The van der Waals surface area contributed by atoms with Crippen LogP contribution >= 0.6 is 0 Å². The van der Waals surface area contributed by atoms with Gasteiger partial charge in [0, 0.05) is 24.7 Å². The Hall–Kier alpha value is -1.28. The number of fused-ring (bicyclic) bond motifs is 5. The fourth-order valence-corrected chi connectivity index (χ4v) is 5.28. The Morgan fingerprint density at radius 1 is 1.19 bits per heavy atom. The molecule has 0 aromatic rings. The van der Waals surface area contributed by atoms with Gasteiger partial charge in [0.15, 0.2) is 17.9 Å². The highest BCUT2D eigenvalue weighted by atomic mass is 16.8. The highest BCUT2D eigenvalue weighted by molar-refractivity contribution is 5.92. The van der Waals surface area contributed by atoms with Crippen molar-refractivity contribution >= 4 is 11.8 Å². The SMILES string of the molecule is CC(=O)OC[C@H]1O[C@H]2O[C@]3(C)C(C)=CC(=O)CC3(C)[C@H]2[C@@H]2OC(C)(C)O[C@@H]21. The number of rotatable bonds is 2. The molecule has 150 valence electrons. The Morgan fingerprint density at radius 3 is 2.52 bits per heavy atom. The van der Waals surface area contributed by atoms with Crippen molar-refractivity contribution < 1.29 is 33.3 Å². The van der Waals surface area contributed by atoms with Crippen LogP contribution in [0.3, 0.4) is 0 Å². The second kappa shape index (κ2) is 5.86. The number of allylic oxidation sites excluding steroid dienone is 1. The van der Waals surface area contributed by atoms with Crippen LogP contribution in [0.1, 0.15) is 48.0 Å². The van der Waals surface area contributed by atoms with Gasteiger partial charge in [-0.15, -0.1) is 0 Å². The summed E-state index contributed by atoms with van der Waals surface area (Å²) in [5, 5.41) is 0. The molecule has 7 nitrogen and oxygen atoms in total. The van der Waals surface area contributed by atoms with Gasteiger partial charge >= 0.3 is 5.97 Å². The van der Waals surface area contributed by atoms with Crippen LogP contribution in [0.4, 0.5) is 0 Å². The number of hydrogen-bond donors (Lipinski definition) is 0. The third-order valence-electron chi connectivity index (χ3n) is 6.79. The minimum absolute atomic E-state index is 0.0731. The van der Waals surface area contributed by atoms with Gasteiger partial charge in [0.25, 0.3) is 0 Å². The molecular formula is C20H28O7. The molecule has 3 heterocycles. The fraction of sp³-hybridized carbons (Fsp3) is 0.800. The lowest BCUT2D eigenvalue weighted by Crippen LogP contribution is -2.58. The Kier molecular flexibility index (Phi) is 4.14. The van der Waals surface area contributed by atoms with Crippen molar-refractivity contribution in [3.05, 3.63) is 11.6 Å².